The fourth-order valence-electron chi connectivity index (χ4n) is 4.65. The van der Waals surface area contributed by atoms with Crippen LogP contribution in [0.2, 0.25) is 0 Å². The maximum atomic E-state index is 14.8. The van der Waals surface area contributed by atoms with Gasteiger partial charge in [-0.1, -0.05) is 51.5 Å². The van der Waals surface area contributed by atoms with Crippen molar-refractivity contribution in [3.63, 3.8) is 0 Å². The molecule has 0 radical (unpaired) electrons. The lowest BCUT2D eigenvalue weighted by molar-refractivity contribution is -0.189. The standard InChI is InChI=1S/C33H30F9N3O2/c1-2-3-4-5-6-7-8-9-21-10-13-26(27(34)16-21)32(39,40)47-24-19-44-30(45-20-24)22-11-15-29(43-18-22)33(41,42)46-23-12-14-25(28(35)17-23)31(36,37)38/h10-20H,2-9H2,1H3. The van der Waals surface area contributed by atoms with E-state index < -0.39 is 58.3 Å². The van der Waals surface area contributed by atoms with E-state index in [2.05, 4.69) is 31.3 Å². The zero-order valence-electron chi connectivity index (χ0n) is 25.1. The SMILES string of the molecule is CCCCCCCCCc1ccc(C(F)(F)Oc2cnc(-c3ccc(C(F)(F)Oc4ccc(C(F)(F)F)c(F)c4)nc3)nc2)c(F)c1. The van der Waals surface area contributed by atoms with E-state index in [-0.39, 0.29) is 23.5 Å². The number of ether oxygens (including phenoxy) is 2. The quantitative estimate of drug-likeness (QED) is 0.0930. The highest BCUT2D eigenvalue weighted by molar-refractivity contribution is 5.53. The topological polar surface area (TPSA) is 57.1 Å². The number of nitrogens with zero attached hydrogens (tertiary/aromatic N) is 3. The van der Waals surface area contributed by atoms with Gasteiger partial charge in [0.2, 0.25) is 0 Å². The zero-order chi connectivity index (χ0) is 34.2. The molecule has 252 valence electrons. The van der Waals surface area contributed by atoms with E-state index in [0.29, 0.717) is 18.1 Å². The predicted octanol–water partition coefficient (Wildman–Crippen LogP) is 10.4. The van der Waals surface area contributed by atoms with Gasteiger partial charge in [-0.25, -0.2) is 18.7 Å². The molecule has 5 nitrogen and oxygen atoms in total. The minimum atomic E-state index is -5.02. The molecule has 2 aromatic carbocycles. The second-order valence-corrected chi connectivity index (χ2v) is 10.7. The van der Waals surface area contributed by atoms with Crippen LogP contribution in [0.5, 0.6) is 11.5 Å². The molecular weight excluding hydrogens is 641 g/mol. The lowest BCUT2D eigenvalue weighted by Crippen LogP contribution is -2.24. The second-order valence-electron chi connectivity index (χ2n) is 10.7. The molecule has 4 aromatic rings. The van der Waals surface area contributed by atoms with Gasteiger partial charge in [-0.05, 0) is 54.8 Å². The molecular formula is C33H30F9N3O2. The molecule has 0 saturated carbocycles. The van der Waals surface area contributed by atoms with Crippen molar-refractivity contribution in [3.8, 4) is 22.9 Å². The Morgan fingerprint density at radius 1 is 0.596 bits per heavy atom. The van der Waals surface area contributed by atoms with E-state index >= 15 is 0 Å². The Morgan fingerprint density at radius 3 is 1.81 bits per heavy atom. The monoisotopic (exact) mass is 671 g/mol. The summed E-state index contributed by atoms with van der Waals surface area (Å²) in [5, 5.41) is 0. The van der Waals surface area contributed by atoms with E-state index in [9.17, 15) is 39.5 Å². The number of unbranched alkanes of at least 4 members (excludes halogenated alkanes) is 6. The summed E-state index contributed by atoms with van der Waals surface area (Å²) in [6, 6.07) is 6.35. The molecule has 0 bridgehead atoms. The lowest BCUT2D eigenvalue weighted by atomic mass is 10.0. The van der Waals surface area contributed by atoms with Crippen LogP contribution in [0.3, 0.4) is 0 Å². The predicted molar refractivity (Wildman–Crippen MR) is 154 cm³/mol. The van der Waals surface area contributed by atoms with Gasteiger partial charge in [-0.2, -0.15) is 30.7 Å². The molecule has 0 saturated heterocycles. The molecule has 0 spiro atoms. The van der Waals surface area contributed by atoms with Crippen molar-refractivity contribution in [3.05, 3.63) is 101 Å². The van der Waals surface area contributed by atoms with Crippen LogP contribution in [0, 0.1) is 11.6 Å². The summed E-state index contributed by atoms with van der Waals surface area (Å²) in [6.45, 7) is 2.14. The summed E-state index contributed by atoms with van der Waals surface area (Å²) in [5.41, 5.74) is -2.92. The van der Waals surface area contributed by atoms with Crippen LogP contribution in [0.25, 0.3) is 11.4 Å². The molecule has 0 N–H and O–H groups in total. The van der Waals surface area contributed by atoms with Crippen molar-refractivity contribution >= 4 is 0 Å². The number of hydrogen-bond donors (Lipinski definition) is 0. The first-order valence-corrected chi connectivity index (χ1v) is 14.8. The fourth-order valence-corrected chi connectivity index (χ4v) is 4.65. The Morgan fingerprint density at radius 2 is 1.21 bits per heavy atom. The van der Waals surface area contributed by atoms with Crippen molar-refractivity contribution in [2.45, 2.75) is 76.7 Å². The summed E-state index contributed by atoms with van der Waals surface area (Å²) in [6.07, 6.45) is -2.50. The van der Waals surface area contributed by atoms with Gasteiger partial charge < -0.3 is 9.47 Å². The van der Waals surface area contributed by atoms with Gasteiger partial charge in [-0.15, -0.1) is 0 Å². The van der Waals surface area contributed by atoms with E-state index in [1.807, 2.05) is 0 Å². The number of benzene rings is 2. The molecule has 0 aliphatic heterocycles. The van der Waals surface area contributed by atoms with Crippen LogP contribution in [-0.4, -0.2) is 15.0 Å². The van der Waals surface area contributed by atoms with Gasteiger partial charge in [0, 0.05) is 17.8 Å². The highest BCUT2D eigenvalue weighted by Crippen LogP contribution is 2.37. The Bertz CT molecular complexity index is 1610. The van der Waals surface area contributed by atoms with E-state index in [1.54, 1.807) is 0 Å². The molecule has 0 atom stereocenters. The van der Waals surface area contributed by atoms with Crippen LogP contribution in [0.15, 0.2) is 67.1 Å². The molecule has 0 amide bonds. The minimum Gasteiger partial charge on any atom is -0.428 e. The maximum Gasteiger partial charge on any atom is 0.444 e. The maximum absolute atomic E-state index is 14.8. The molecule has 0 unspecified atom stereocenters. The third kappa shape index (κ3) is 9.58. The molecule has 14 heteroatoms. The van der Waals surface area contributed by atoms with Crippen LogP contribution in [0.1, 0.15) is 74.3 Å². The highest BCUT2D eigenvalue weighted by Gasteiger charge is 2.39. The van der Waals surface area contributed by atoms with E-state index in [4.69, 9.17) is 0 Å². The average Bonchev–Trinajstić information content (AvgIpc) is 3.00. The van der Waals surface area contributed by atoms with Crippen molar-refractivity contribution in [2.75, 3.05) is 0 Å². The summed E-state index contributed by atoms with van der Waals surface area (Å²) in [4.78, 5) is 11.3. The molecule has 2 aromatic heterocycles. The summed E-state index contributed by atoms with van der Waals surface area (Å²) >= 11 is 0. The van der Waals surface area contributed by atoms with Gasteiger partial charge in [0.05, 0.1) is 23.5 Å². The van der Waals surface area contributed by atoms with Crippen LogP contribution < -0.4 is 9.47 Å². The number of halogens is 9. The molecule has 0 aliphatic rings. The van der Waals surface area contributed by atoms with Crippen molar-refractivity contribution in [1.82, 2.24) is 15.0 Å². The second kappa shape index (κ2) is 15.0. The van der Waals surface area contributed by atoms with Crippen LogP contribution in [0.4, 0.5) is 39.5 Å². The Kier molecular flexibility index (Phi) is 11.4. The smallest absolute Gasteiger partial charge is 0.428 e. The Hall–Kier alpha value is -4.36. The van der Waals surface area contributed by atoms with Crippen molar-refractivity contribution in [1.29, 1.82) is 0 Å². The Labute approximate surface area is 264 Å². The van der Waals surface area contributed by atoms with E-state index in [0.717, 1.165) is 75.0 Å². The summed E-state index contributed by atoms with van der Waals surface area (Å²) < 4.78 is 134. The van der Waals surface area contributed by atoms with Crippen LogP contribution >= 0.6 is 0 Å². The average molecular weight is 672 g/mol. The van der Waals surface area contributed by atoms with E-state index in [1.165, 1.54) is 18.9 Å². The van der Waals surface area contributed by atoms with Crippen molar-refractivity contribution < 1.29 is 49.0 Å². The molecule has 4 rings (SSSR count). The van der Waals surface area contributed by atoms with Gasteiger partial charge in [0.1, 0.15) is 17.4 Å². The fraction of sp³-hybridized carbons (Fsp3) is 0.364. The number of alkyl halides is 7. The molecule has 0 fully saturated rings. The van der Waals surface area contributed by atoms with Gasteiger partial charge >= 0.3 is 18.4 Å². The summed E-state index contributed by atoms with van der Waals surface area (Å²) in [5.74, 6) is -4.41. The first kappa shape index (κ1) is 35.5. The third-order valence-corrected chi connectivity index (χ3v) is 7.10. The van der Waals surface area contributed by atoms with Crippen molar-refractivity contribution in [2.24, 2.45) is 0 Å². The zero-order valence-corrected chi connectivity index (χ0v) is 25.1. The third-order valence-electron chi connectivity index (χ3n) is 7.10. The number of pyridine rings is 1. The number of aromatic nitrogens is 3. The van der Waals surface area contributed by atoms with Gasteiger partial charge in [0.25, 0.3) is 0 Å². The number of rotatable bonds is 15. The molecule has 0 aliphatic carbocycles. The lowest BCUT2D eigenvalue weighted by Gasteiger charge is -2.19. The number of hydrogen-bond acceptors (Lipinski definition) is 5. The number of aryl methyl sites for hydroxylation is 1. The molecule has 47 heavy (non-hydrogen) atoms. The Balaban J connectivity index is 1.35. The minimum absolute atomic E-state index is 0.0750. The highest BCUT2D eigenvalue weighted by atomic mass is 19.4. The van der Waals surface area contributed by atoms with Gasteiger partial charge in [-0.3, -0.25) is 4.98 Å². The normalized spacial score (nSPS) is 12.3. The summed E-state index contributed by atoms with van der Waals surface area (Å²) in [7, 11) is 0. The van der Waals surface area contributed by atoms with Crippen LogP contribution in [-0.2, 0) is 24.8 Å². The molecule has 2 heterocycles. The van der Waals surface area contributed by atoms with Gasteiger partial charge in [0.15, 0.2) is 17.3 Å². The first-order valence-electron chi connectivity index (χ1n) is 14.8. The largest absolute Gasteiger partial charge is 0.444 e. The first-order chi connectivity index (χ1) is 22.2.